The van der Waals surface area contributed by atoms with Crippen molar-refractivity contribution in [3.05, 3.63) is 23.8 Å². The topological polar surface area (TPSA) is 44.5 Å². The van der Waals surface area contributed by atoms with E-state index in [0.717, 1.165) is 18.6 Å². The fraction of sp³-hybridized carbons (Fsp3) is 0.600. The molecule has 0 radical (unpaired) electrons. The molecular weight excluding hydrogens is 254 g/mol. The fourth-order valence-electron chi connectivity index (χ4n) is 2.13. The largest absolute Gasteiger partial charge is 0.495 e. The van der Waals surface area contributed by atoms with Crippen molar-refractivity contribution in [3.8, 4) is 5.75 Å². The van der Waals surface area contributed by atoms with E-state index in [9.17, 15) is 0 Å². The highest BCUT2D eigenvalue weighted by atomic mass is 28.3. The Morgan fingerprint density at radius 2 is 1.95 bits per heavy atom. The molecule has 0 fully saturated rings. The van der Waals surface area contributed by atoms with Crippen LogP contribution in [0.25, 0.3) is 0 Å². The smallest absolute Gasteiger partial charge is 0.142 e. The molecule has 1 rings (SSSR count). The Bertz CT molecular complexity index is 394. The van der Waals surface area contributed by atoms with E-state index in [1.807, 2.05) is 12.1 Å². The molecule has 0 aliphatic heterocycles. The van der Waals surface area contributed by atoms with Gasteiger partial charge in [-0.25, -0.2) is 0 Å². The number of nitrogens with two attached hydrogens (primary N) is 1. The molecule has 0 aliphatic carbocycles. The van der Waals surface area contributed by atoms with Crippen molar-refractivity contribution >= 4 is 14.5 Å². The standard InChI is InChI=1S/C15H27NO2Si/c1-11(2)18-15(19(4)5)9-7-12-6-8-13(16)14(10-12)17-3/h6,8,10-11,15,19H,7,9,16H2,1-5H3. The van der Waals surface area contributed by atoms with Gasteiger partial charge in [-0.3, -0.25) is 0 Å². The Kier molecular flexibility index (Phi) is 6.38. The van der Waals surface area contributed by atoms with E-state index in [1.165, 1.54) is 5.56 Å². The van der Waals surface area contributed by atoms with Gasteiger partial charge in [0, 0.05) is 5.73 Å². The van der Waals surface area contributed by atoms with Crippen LogP contribution >= 0.6 is 0 Å². The van der Waals surface area contributed by atoms with Crippen LogP contribution in [0, 0.1) is 0 Å². The van der Waals surface area contributed by atoms with E-state index in [4.69, 9.17) is 15.2 Å². The van der Waals surface area contributed by atoms with Crippen molar-refractivity contribution in [2.45, 2.75) is 51.6 Å². The molecular formula is C15H27NO2Si. The summed E-state index contributed by atoms with van der Waals surface area (Å²) in [7, 11) is 0.864. The predicted molar refractivity (Wildman–Crippen MR) is 84.6 cm³/mol. The van der Waals surface area contributed by atoms with Crippen molar-refractivity contribution in [1.82, 2.24) is 0 Å². The number of methoxy groups -OCH3 is 1. The number of nitrogen functional groups attached to an aromatic ring is 1. The molecule has 0 aromatic heterocycles. The van der Waals surface area contributed by atoms with Crippen LogP contribution in [0.5, 0.6) is 5.75 Å². The van der Waals surface area contributed by atoms with Gasteiger partial charge in [-0.2, -0.15) is 0 Å². The van der Waals surface area contributed by atoms with Gasteiger partial charge in [-0.1, -0.05) is 19.2 Å². The summed E-state index contributed by atoms with van der Waals surface area (Å²) in [5.41, 5.74) is 8.22. The zero-order chi connectivity index (χ0) is 14.4. The van der Waals surface area contributed by atoms with E-state index >= 15 is 0 Å². The predicted octanol–water partition coefficient (Wildman–Crippen LogP) is 3.03. The minimum Gasteiger partial charge on any atom is -0.495 e. The second-order valence-corrected chi connectivity index (χ2v) is 8.81. The molecule has 0 aliphatic rings. The maximum atomic E-state index is 6.02. The maximum absolute atomic E-state index is 6.02. The highest BCUT2D eigenvalue weighted by Crippen LogP contribution is 2.23. The summed E-state index contributed by atoms with van der Waals surface area (Å²) in [5, 5.41) is 0. The lowest BCUT2D eigenvalue weighted by atomic mass is 10.1. The lowest BCUT2D eigenvalue weighted by Crippen LogP contribution is -2.31. The number of benzene rings is 1. The second kappa shape index (κ2) is 7.55. The van der Waals surface area contributed by atoms with Gasteiger partial charge in [0.2, 0.25) is 0 Å². The zero-order valence-corrected chi connectivity index (χ0v) is 13.9. The number of rotatable bonds is 7. The van der Waals surface area contributed by atoms with Crippen molar-refractivity contribution in [1.29, 1.82) is 0 Å². The Labute approximate surface area is 118 Å². The van der Waals surface area contributed by atoms with Gasteiger partial charge in [-0.05, 0) is 44.4 Å². The van der Waals surface area contributed by atoms with Crippen LogP contribution in [0.3, 0.4) is 0 Å². The molecule has 0 saturated carbocycles. The van der Waals surface area contributed by atoms with E-state index in [1.54, 1.807) is 7.11 Å². The van der Waals surface area contributed by atoms with Crippen LogP contribution in [-0.2, 0) is 11.2 Å². The quantitative estimate of drug-likeness (QED) is 0.617. The molecule has 19 heavy (non-hydrogen) atoms. The average Bonchev–Trinajstić information content (AvgIpc) is 2.35. The van der Waals surface area contributed by atoms with Gasteiger partial charge in [0.05, 0.1) is 27.7 Å². The van der Waals surface area contributed by atoms with E-state index < -0.39 is 8.80 Å². The fourth-order valence-corrected chi connectivity index (χ4v) is 3.59. The Balaban J connectivity index is 2.63. The van der Waals surface area contributed by atoms with Gasteiger partial charge < -0.3 is 15.2 Å². The third-order valence-corrected chi connectivity index (χ3v) is 5.18. The number of ether oxygens (including phenoxy) is 2. The maximum Gasteiger partial charge on any atom is 0.142 e. The van der Waals surface area contributed by atoms with E-state index in [2.05, 4.69) is 33.0 Å². The highest BCUT2D eigenvalue weighted by Gasteiger charge is 2.16. The van der Waals surface area contributed by atoms with Gasteiger partial charge in [-0.15, -0.1) is 0 Å². The SMILES string of the molecule is COc1cc(CCC(OC(C)C)[SiH](C)C)ccc1N. The molecule has 108 valence electrons. The summed E-state index contributed by atoms with van der Waals surface area (Å²) >= 11 is 0. The summed E-state index contributed by atoms with van der Waals surface area (Å²) in [6.07, 6.45) is 2.40. The number of aryl methyl sites for hydroxylation is 1. The van der Waals surface area contributed by atoms with Crippen LogP contribution in [-0.4, -0.2) is 27.7 Å². The molecule has 1 aromatic rings. The minimum atomic E-state index is -0.790. The molecule has 1 unspecified atom stereocenters. The Morgan fingerprint density at radius 1 is 1.26 bits per heavy atom. The highest BCUT2D eigenvalue weighted by molar-refractivity contribution is 6.57. The normalized spacial score (nSPS) is 13.0. The Morgan fingerprint density at radius 3 is 2.47 bits per heavy atom. The molecule has 0 saturated heterocycles. The summed E-state index contributed by atoms with van der Waals surface area (Å²) in [6.45, 7) is 8.90. The van der Waals surface area contributed by atoms with Crippen LogP contribution in [0.1, 0.15) is 25.8 Å². The number of anilines is 1. The Hall–Kier alpha value is -1.00. The number of hydrogen-bond donors (Lipinski definition) is 1. The lowest BCUT2D eigenvalue weighted by Gasteiger charge is -2.23. The van der Waals surface area contributed by atoms with Gasteiger partial charge in [0.15, 0.2) is 0 Å². The molecule has 1 aromatic carbocycles. The molecule has 2 N–H and O–H groups in total. The first-order valence-electron chi connectivity index (χ1n) is 7.02. The van der Waals surface area contributed by atoms with Crippen molar-refractivity contribution in [3.63, 3.8) is 0 Å². The summed E-state index contributed by atoms with van der Waals surface area (Å²) in [6, 6.07) is 6.02. The monoisotopic (exact) mass is 281 g/mol. The first-order chi connectivity index (χ1) is 8.93. The molecule has 0 bridgehead atoms. The van der Waals surface area contributed by atoms with Crippen molar-refractivity contribution < 1.29 is 9.47 Å². The second-order valence-electron chi connectivity index (χ2n) is 5.58. The van der Waals surface area contributed by atoms with E-state index in [0.29, 0.717) is 17.5 Å². The first-order valence-corrected chi connectivity index (χ1v) is 9.99. The lowest BCUT2D eigenvalue weighted by molar-refractivity contribution is 0.0465. The summed E-state index contributed by atoms with van der Waals surface area (Å²) in [4.78, 5) is 0. The van der Waals surface area contributed by atoms with Crippen LogP contribution < -0.4 is 10.5 Å². The first kappa shape index (κ1) is 16.1. The average molecular weight is 281 g/mol. The molecule has 0 spiro atoms. The van der Waals surface area contributed by atoms with Crippen LogP contribution in [0.2, 0.25) is 13.1 Å². The van der Waals surface area contributed by atoms with Gasteiger partial charge >= 0.3 is 0 Å². The zero-order valence-electron chi connectivity index (χ0n) is 12.8. The molecule has 1 atom stereocenters. The van der Waals surface area contributed by atoms with E-state index in [-0.39, 0.29) is 0 Å². The third-order valence-electron chi connectivity index (χ3n) is 3.21. The minimum absolute atomic E-state index is 0.306. The van der Waals surface area contributed by atoms with Crippen molar-refractivity contribution in [2.75, 3.05) is 12.8 Å². The van der Waals surface area contributed by atoms with Crippen LogP contribution in [0.4, 0.5) is 5.69 Å². The molecule has 3 nitrogen and oxygen atoms in total. The summed E-state index contributed by atoms with van der Waals surface area (Å²) in [5.74, 6) is 0.764. The van der Waals surface area contributed by atoms with Gasteiger partial charge in [0.25, 0.3) is 0 Å². The molecule has 0 amide bonds. The third kappa shape index (κ3) is 5.24. The molecule has 4 heteroatoms. The van der Waals surface area contributed by atoms with Crippen LogP contribution in [0.15, 0.2) is 18.2 Å². The molecule has 0 heterocycles. The van der Waals surface area contributed by atoms with Crippen molar-refractivity contribution in [2.24, 2.45) is 0 Å². The van der Waals surface area contributed by atoms with Gasteiger partial charge in [0.1, 0.15) is 5.75 Å². The summed E-state index contributed by atoms with van der Waals surface area (Å²) < 4.78 is 11.3. The number of hydrogen-bond acceptors (Lipinski definition) is 3.